The Morgan fingerprint density at radius 1 is 1.11 bits per heavy atom. The van der Waals surface area contributed by atoms with Crippen LogP contribution in [-0.2, 0) is 9.59 Å². The molecule has 0 aliphatic carbocycles. The van der Waals surface area contributed by atoms with Crippen molar-refractivity contribution in [2.24, 2.45) is 5.73 Å². The van der Waals surface area contributed by atoms with Crippen LogP contribution in [-0.4, -0.2) is 36.4 Å². The quantitative estimate of drug-likeness (QED) is 0.788. The summed E-state index contributed by atoms with van der Waals surface area (Å²) in [7, 11) is 0. The molecule has 6 heteroatoms. The second kappa shape index (κ2) is 9.19. The number of carbonyl (C=O) groups is 2. The molecule has 142 valence electrons. The molecule has 1 heterocycles. The van der Waals surface area contributed by atoms with Gasteiger partial charge in [0.15, 0.2) is 0 Å². The van der Waals surface area contributed by atoms with E-state index in [4.69, 9.17) is 10.5 Å². The smallest absolute Gasteiger partial charge is 0.251 e. The maximum atomic E-state index is 13.1. The maximum Gasteiger partial charge on any atom is 0.251 e. The Labute approximate surface area is 159 Å². The summed E-state index contributed by atoms with van der Waals surface area (Å²) in [6.45, 7) is 1.48. The molecular formula is C21H25N3O3. The Morgan fingerprint density at radius 3 is 2.52 bits per heavy atom. The third-order valence-electron chi connectivity index (χ3n) is 4.54. The van der Waals surface area contributed by atoms with Crippen molar-refractivity contribution < 1.29 is 14.3 Å². The van der Waals surface area contributed by atoms with E-state index in [-0.39, 0.29) is 11.8 Å². The summed E-state index contributed by atoms with van der Waals surface area (Å²) in [5.74, 6) is 0.507. The highest BCUT2D eigenvalue weighted by molar-refractivity contribution is 5.98. The van der Waals surface area contributed by atoms with Crippen molar-refractivity contribution in [3.8, 4) is 5.75 Å². The van der Waals surface area contributed by atoms with Crippen LogP contribution in [0.3, 0.4) is 0 Å². The standard InChI is InChI=1S/C21H25N3O3/c22-13-15-27-18-11-9-17(10-12-18)23-21(26)20(16-6-2-1-3-7-16)24-14-5-4-8-19(24)25/h1-3,6-7,9-12,20H,4-5,8,13-15,22H2,(H,23,26). The number of hydrogen-bond donors (Lipinski definition) is 2. The average Bonchev–Trinajstić information content (AvgIpc) is 2.70. The van der Waals surface area contributed by atoms with Gasteiger partial charge in [0.1, 0.15) is 18.4 Å². The van der Waals surface area contributed by atoms with Crippen LogP contribution >= 0.6 is 0 Å². The van der Waals surface area contributed by atoms with Gasteiger partial charge < -0.3 is 20.7 Å². The fourth-order valence-electron chi connectivity index (χ4n) is 3.23. The van der Waals surface area contributed by atoms with Gasteiger partial charge in [-0.05, 0) is 42.7 Å². The van der Waals surface area contributed by atoms with Gasteiger partial charge in [-0.2, -0.15) is 0 Å². The van der Waals surface area contributed by atoms with Gasteiger partial charge in [-0.25, -0.2) is 0 Å². The normalized spacial score (nSPS) is 15.3. The van der Waals surface area contributed by atoms with Crippen LogP contribution in [0, 0.1) is 0 Å². The molecule has 0 spiro atoms. The summed E-state index contributed by atoms with van der Waals surface area (Å²) in [6.07, 6.45) is 2.28. The van der Waals surface area contributed by atoms with Crippen LogP contribution in [0.15, 0.2) is 54.6 Å². The van der Waals surface area contributed by atoms with E-state index in [1.54, 1.807) is 29.2 Å². The third-order valence-corrected chi connectivity index (χ3v) is 4.54. The molecule has 6 nitrogen and oxygen atoms in total. The highest BCUT2D eigenvalue weighted by Gasteiger charge is 2.32. The molecule has 2 aromatic rings. The zero-order valence-corrected chi connectivity index (χ0v) is 15.3. The number of amides is 2. The minimum Gasteiger partial charge on any atom is -0.492 e. The number of nitrogens with zero attached hydrogens (tertiary/aromatic N) is 1. The fourth-order valence-corrected chi connectivity index (χ4v) is 3.23. The number of piperidine rings is 1. The van der Waals surface area contributed by atoms with Crippen LogP contribution in [0.1, 0.15) is 30.9 Å². The first-order valence-corrected chi connectivity index (χ1v) is 9.27. The van der Waals surface area contributed by atoms with Crippen molar-refractivity contribution in [3.63, 3.8) is 0 Å². The Kier molecular flexibility index (Phi) is 6.44. The van der Waals surface area contributed by atoms with Gasteiger partial charge in [-0.1, -0.05) is 30.3 Å². The Hall–Kier alpha value is -2.86. The summed E-state index contributed by atoms with van der Waals surface area (Å²) in [4.78, 5) is 27.2. The molecule has 0 aromatic heterocycles. The van der Waals surface area contributed by atoms with Gasteiger partial charge in [0, 0.05) is 25.2 Å². The molecule has 27 heavy (non-hydrogen) atoms. The summed E-state index contributed by atoms with van der Waals surface area (Å²) in [5, 5.41) is 2.93. The summed E-state index contributed by atoms with van der Waals surface area (Å²) in [5.41, 5.74) is 6.90. The largest absolute Gasteiger partial charge is 0.492 e. The number of rotatable bonds is 7. The number of benzene rings is 2. The molecule has 1 unspecified atom stereocenters. The summed E-state index contributed by atoms with van der Waals surface area (Å²) in [6, 6.07) is 15.9. The predicted molar refractivity (Wildman–Crippen MR) is 104 cm³/mol. The minimum absolute atomic E-state index is 0.0239. The van der Waals surface area contributed by atoms with E-state index < -0.39 is 6.04 Å². The molecule has 1 aliphatic heterocycles. The molecule has 1 fully saturated rings. The van der Waals surface area contributed by atoms with Crippen LogP contribution in [0.2, 0.25) is 0 Å². The first kappa shape index (κ1) is 18.9. The second-order valence-corrected chi connectivity index (χ2v) is 6.51. The van der Waals surface area contributed by atoms with Crippen LogP contribution in [0.4, 0.5) is 5.69 Å². The van der Waals surface area contributed by atoms with Crippen molar-refractivity contribution in [2.45, 2.75) is 25.3 Å². The number of carbonyl (C=O) groups excluding carboxylic acids is 2. The van der Waals surface area contributed by atoms with Crippen LogP contribution in [0.25, 0.3) is 0 Å². The van der Waals surface area contributed by atoms with E-state index in [0.717, 1.165) is 18.4 Å². The van der Waals surface area contributed by atoms with E-state index in [9.17, 15) is 9.59 Å². The van der Waals surface area contributed by atoms with Crippen molar-refractivity contribution in [2.75, 3.05) is 25.0 Å². The lowest BCUT2D eigenvalue weighted by molar-refractivity contribution is -0.141. The summed E-state index contributed by atoms with van der Waals surface area (Å²) >= 11 is 0. The number of hydrogen-bond acceptors (Lipinski definition) is 4. The molecule has 2 amide bonds. The number of nitrogens with one attached hydrogen (secondary N) is 1. The van der Waals surface area contributed by atoms with E-state index in [0.29, 0.717) is 37.6 Å². The Balaban J connectivity index is 1.77. The van der Waals surface area contributed by atoms with E-state index in [1.165, 1.54) is 0 Å². The molecule has 2 aromatic carbocycles. The molecule has 1 aliphatic rings. The molecule has 1 atom stereocenters. The predicted octanol–water partition coefficient (Wildman–Crippen LogP) is 2.72. The van der Waals surface area contributed by atoms with Gasteiger partial charge in [-0.15, -0.1) is 0 Å². The highest BCUT2D eigenvalue weighted by atomic mass is 16.5. The average molecular weight is 367 g/mol. The number of nitrogens with two attached hydrogens (primary N) is 1. The van der Waals surface area contributed by atoms with Gasteiger partial charge >= 0.3 is 0 Å². The first-order valence-electron chi connectivity index (χ1n) is 9.27. The van der Waals surface area contributed by atoms with Gasteiger partial charge in [-0.3, -0.25) is 9.59 Å². The molecule has 0 bridgehead atoms. The number of ether oxygens (including phenoxy) is 1. The molecule has 3 rings (SSSR count). The highest BCUT2D eigenvalue weighted by Crippen LogP contribution is 2.27. The Morgan fingerprint density at radius 2 is 1.85 bits per heavy atom. The van der Waals surface area contributed by atoms with Gasteiger partial charge in [0.05, 0.1) is 0 Å². The second-order valence-electron chi connectivity index (χ2n) is 6.51. The van der Waals surface area contributed by atoms with Crippen LogP contribution < -0.4 is 15.8 Å². The van der Waals surface area contributed by atoms with Crippen molar-refractivity contribution in [1.82, 2.24) is 4.90 Å². The number of anilines is 1. The summed E-state index contributed by atoms with van der Waals surface area (Å²) < 4.78 is 5.45. The topological polar surface area (TPSA) is 84.7 Å². The van der Waals surface area contributed by atoms with Crippen molar-refractivity contribution >= 4 is 17.5 Å². The lowest BCUT2D eigenvalue weighted by Gasteiger charge is -2.34. The molecule has 0 radical (unpaired) electrons. The lowest BCUT2D eigenvalue weighted by Crippen LogP contribution is -2.43. The van der Waals surface area contributed by atoms with Gasteiger partial charge in [0.2, 0.25) is 5.91 Å². The SMILES string of the molecule is NCCOc1ccc(NC(=O)C(c2ccccc2)N2CCCCC2=O)cc1. The van der Waals surface area contributed by atoms with E-state index >= 15 is 0 Å². The lowest BCUT2D eigenvalue weighted by atomic mass is 10.0. The first-order chi connectivity index (χ1) is 13.2. The third kappa shape index (κ3) is 4.86. The zero-order chi connectivity index (χ0) is 19.1. The molecule has 3 N–H and O–H groups in total. The maximum absolute atomic E-state index is 13.1. The van der Waals surface area contributed by atoms with Crippen LogP contribution in [0.5, 0.6) is 5.75 Å². The minimum atomic E-state index is -0.632. The zero-order valence-electron chi connectivity index (χ0n) is 15.3. The molecule has 1 saturated heterocycles. The monoisotopic (exact) mass is 367 g/mol. The van der Waals surface area contributed by atoms with Crippen molar-refractivity contribution in [1.29, 1.82) is 0 Å². The van der Waals surface area contributed by atoms with Gasteiger partial charge in [0.25, 0.3) is 5.91 Å². The van der Waals surface area contributed by atoms with E-state index in [1.807, 2.05) is 30.3 Å². The molecule has 0 saturated carbocycles. The van der Waals surface area contributed by atoms with E-state index in [2.05, 4.69) is 5.32 Å². The fraction of sp³-hybridized carbons (Fsp3) is 0.333. The molecular weight excluding hydrogens is 342 g/mol. The van der Waals surface area contributed by atoms with Crippen molar-refractivity contribution in [3.05, 3.63) is 60.2 Å². The Bertz CT molecular complexity index is 762. The number of likely N-dealkylation sites (tertiary alicyclic amines) is 1.